The fraction of sp³-hybridized carbons (Fsp3) is 0.778. The lowest BCUT2D eigenvalue weighted by molar-refractivity contribution is -0.144. The van der Waals surface area contributed by atoms with E-state index in [-0.39, 0.29) is 6.54 Å². The summed E-state index contributed by atoms with van der Waals surface area (Å²) in [5.41, 5.74) is 0. The maximum atomic E-state index is 10.9. The number of ether oxygens (including phenoxy) is 1. The molecule has 0 unspecified atom stereocenters. The van der Waals surface area contributed by atoms with E-state index in [1.807, 2.05) is 6.92 Å². The van der Waals surface area contributed by atoms with Crippen molar-refractivity contribution >= 4 is 11.9 Å². The summed E-state index contributed by atoms with van der Waals surface area (Å²) >= 11 is 0. The van der Waals surface area contributed by atoms with Crippen LogP contribution >= 0.6 is 0 Å². The molecular weight excluding hydrogens is 186 g/mol. The lowest BCUT2D eigenvalue weighted by Crippen LogP contribution is -2.36. The third-order valence-electron chi connectivity index (χ3n) is 1.55. The number of amides is 1. The fourth-order valence-corrected chi connectivity index (χ4v) is 0.688. The van der Waals surface area contributed by atoms with Gasteiger partial charge in [-0.15, -0.1) is 0 Å². The highest BCUT2D eigenvalue weighted by Crippen LogP contribution is 1.88. The first-order valence-corrected chi connectivity index (χ1v) is 4.69. The van der Waals surface area contributed by atoms with Crippen LogP contribution in [-0.4, -0.2) is 36.2 Å². The Bertz CT molecular complexity index is 191. The predicted octanol–water partition coefficient (Wildman–Crippen LogP) is -0.173. The van der Waals surface area contributed by atoms with Crippen LogP contribution in [0.2, 0.25) is 0 Å². The van der Waals surface area contributed by atoms with Gasteiger partial charge in [-0.1, -0.05) is 13.3 Å². The molecule has 5 nitrogen and oxygen atoms in total. The molecule has 0 aliphatic rings. The summed E-state index contributed by atoms with van der Waals surface area (Å²) in [6.45, 7) is 3.51. The number of carbonyl (C=O) groups excluding carboxylic acids is 2. The van der Waals surface area contributed by atoms with Crippen LogP contribution in [0, 0.1) is 0 Å². The molecule has 0 heterocycles. The highest BCUT2D eigenvalue weighted by atomic mass is 16.5. The van der Waals surface area contributed by atoms with Crippen LogP contribution in [0.25, 0.3) is 0 Å². The molecule has 0 aliphatic carbocycles. The van der Waals surface area contributed by atoms with E-state index in [2.05, 4.69) is 5.32 Å². The van der Waals surface area contributed by atoms with Gasteiger partial charge < -0.3 is 15.2 Å². The van der Waals surface area contributed by atoms with E-state index in [0.29, 0.717) is 6.61 Å². The van der Waals surface area contributed by atoms with Gasteiger partial charge in [-0.25, -0.2) is 0 Å². The van der Waals surface area contributed by atoms with Crippen molar-refractivity contribution < 1.29 is 19.4 Å². The predicted molar refractivity (Wildman–Crippen MR) is 50.6 cm³/mol. The zero-order valence-electron chi connectivity index (χ0n) is 8.58. The topological polar surface area (TPSA) is 75.6 Å². The smallest absolute Gasteiger partial charge is 0.325 e. The average Bonchev–Trinajstić information content (AvgIpc) is 2.14. The number of aliphatic hydroxyl groups is 1. The van der Waals surface area contributed by atoms with Crippen molar-refractivity contribution in [1.82, 2.24) is 5.32 Å². The molecular formula is C9H17NO4. The number of hydrogen-bond acceptors (Lipinski definition) is 4. The van der Waals surface area contributed by atoms with Crippen molar-refractivity contribution in [3.8, 4) is 0 Å². The summed E-state index contributed by atoms with van der Waals surface area (Å²) in [7, 11) is 0. The second-order valence-electron chi connectivity index (χ2n) is 2.97. The van der Waals surface area contributed by atoms with E-state index >= 15 is 0 Å². The van der Waals surface area contributed by atoms with Crippen LogP contribution in [-0.2, 0) is 14.3 Å². The standard InChI is InChI=1S/C9H17NO4/c1-3-4-5-14-8(12)6-10-9(13)7(2)11/h7,11H,3-6H2,1-2H3,(H,10,13)/t7-/m1/s1. The molecule has 1 atom stereocenters. The molecule has 0 aliphatic heterocycles. The number of rotatable bonds is 6. The van der Waals surface area contributed by atoms with Crippen molar-refractivity contribution in [2.45, 2.75) is 32.8 Å². The summed E-state index contributed by atoms with van der Waals surface area (Å²) in [4.78, 5) is 21.7. The first-order valence-electron chi connectivity index (χ1n) is 4.69. The molecule has 0 rings (SSSR count). The third kappa shape index (κ3) is 6.42. The van der Waals surface area contributed by atoms with E-state index in [1.54, 1.807) is 0 Å². The van der Waals surface area contributed by atoms with E-state index in [1.165, 1.54) is 6.92 Å². The van der Waals surface area contributed by atoms with E-state index in [0.717, 1.165) is 12.8 Å². The number of nitrogens with one attached hydrogen (secondary N) is 1. The second kappa shape index (κ2) is 7.32. The highest BCUT2D eigenvalue weighted by Gasteiger charge is 2.10. The van der Waals surface area contributed by atoms with E-state index < -0.39 is 18.0 Å². The molecule has 0 radical (unpaired) electrons. The lowest BCUT2D eigenvalue weighted by Gasteiger charge is -2.06. The van der Waals surface area contributed by atoms with Gasteiger partial charge in [0.15, 0.2) is 0 Å². The minimum atomic E-state index is -1.10. The quantitative estimate of drug-likeness (QED) is 0.464. The molecule has 82 valence electrons. The molecule has 0 aromatic carbocycles. The van der Waals surface area contributed by atoms with Crippen LogP contribution in [0.3, 0.4) is 0 Å². The first-order chi connectivity index (χ1) is 6.57. The summed E-state index contributed by atoms with van der Waals surface area (Å²) in [6.07, 6.45) is 0.669. The zero-order valence-corrected chi connectivity index (χ0v) is 8.58. The maximum absolute atomic E-state index is 10.9. The molecule has 0 fully saturated rings. The molecule has 0 aromatic rings. The third-order valence-corrected chi connectivity index (χ3v) is 1.55. The van der Waals surface area contributed by atoms with Crippen molar-refractivity contribution in [2.24, 2.45) is 0 Å². The van der Waals surface area contributed by atoms with Gasteiger partial charge in [-0.05, 0) is 13.3 Å². The summed E-state index contributed by atoms with van der Waals surface area (Å²) < 4.78 is 4.78. The van der Waals surface area contributed by atoms with Crippen LogP contribution in [0.15, 0.2) is 0 Å². The van der Waals surface area contributed by atoms with Crippen LogP contribution in [0.5, 0.6) is 0 Å². The summed E-state index contributed by atoms with van der Waals surface area (Å²) in [6, 6.07) is 0. The Morgan fingerprint density at radius 1 is 1.50 bits per heavy atom. The number of unbranched alkanes of at least 4 members (excludes halogenated alkanes) is 1. The zero-order chi connectivity index (χ0) is 11.0. The minimum absolute atomic E-state index is 0.187. The normalized spacial score (nSPS) is 11.9. The molecule has 0 saturated heterocycles. The number of aliphatic hydroxyl groups excluding tert-OH is 1. The molecule has 0 bridgehead atoms. The number of esters is 1. The Balaban J connectivity index is 3.49. The van der Waals surface area contributed by atoms with Gasteiger partial charge in [0.25, 0.3) is 0 Å². The van der Waals surface area contributed by atoms with Crippen molar-refractivity contribution in [2.75, 3.05) is 13.2 Å². The molecule has 0 spiro atoms. The Morgan fingerprint density at radius 3 is 2.64 bits per heavy atom. The van der Waals surface area contributed by atoms with Gasteiger partial charge in [0.05, 0.1) is 6.61 Å². The molecule has 2 N–H and O–H groups in total. The van der Waals surface area contributed by atoms with Crippen LogP contribution < -0.4 is 5.32 Å². The Kier molecular flexibility index (Phi) is 6.74. The van der Waals surface area contributed by atoms with Crippen molar-refractivity contribution in [3.63, 3.8) is 0 Å². The Labute approximate surface area is 83.4 Å². The van der Waals surface area contributed by atoms with Gasteiger partial charge in [-0.3, -0.25) is 9.59 Å². The lowest BCUT2D eigenvalue weighted by atomic mass is 10.3. The Morgan fingerprint density at radius 2 is 2.14 bits per heavy atom. The molecule has 0 aromatic heterocycles. The Hall–Kier alpha value is -1.10. The second-order valence-corrected chi connectivity index (χ2v) is 2.97. The van der Waals surface area contributed by atoms with Gasteiger partial charge >= 0.3 is 5.97 Å². The summed E-state index contributed by atoms with van der Waals surface area (Å²) in [5.74, 6) is -1.05. The van der Waals surface area contributed by atoms with Gasteiger partial charge in [0.1, 0.15) is 12.6 Å². The van der Waals surface area contributed by atoms with E-state index in [4.69, 9.17) is 9.84 Å². The van der Waals surface area contributed by atoms with Gasteiger partial charge in [0, 0.05) is 0 Å². The van der Waals surface area contributed by atoms with Gasteiger partial charge in [0.2, 0.25) is 5.91 Å². The fourth-order valence-electron chi connectivity index (χ4n) is 0.688. The largest absolute Gasteiger partial charge is 0.464 e. The van der Waals surface area contributed by atoms with Gasteiger partial charge in [-0.2, -0.15) is 0 Å². The van der Waals surface area contributed by atoms with Crippen molar-refractivity contribution in [1.29, 1.82) is 0 Å². The van der Waals surface area contributed by atoms with Crippen LogP contribution in [0.4, 0.5) is 0 Å². The number of hydrogen-bond donors (Lipinski definition) is 2. The van der Waals surface area contributed by atoms with E-state index in [9.17, 15) is 9.59 Å². The molecule has 14 heavy (non-hydrogen) atoms. The summed E-state index contributed by atoms with van der Waals surface area (Å²) in [5, 5.41) is 11.0. The van der Waals surface area contributed by atoms with Crippen LogP contribution in [0.1, 0.15) is 26.7 Å². The molecule has 1 amide bonds. The SMILES string of the molecule is CCCCOC(=O)CNC(=O)[C@@H](C)O. The first kappa shape index (κ1) is 12.9. The maximum Gasteiger partial charge on any atom is 0.325 e. The highest BCUT2D eigenvalue weighted by molar-refractivity contribution is 5.84. The molecule has 0 saturated carbocycles. The average molecular weight is 203 g/mol. The number of carbonyl (C=O) groups is 2. The molecule has 5 heteroatoms. The minimum Gasteiger partial charge on any atom is -0.464 e. The monoisotopic (exact) mass is 203 g/mol. The van der Waals surface area contributed by atoms with Crippen molar-refractivity contribution in [3.05, 3.63) is 0 Å².